The smallest absolute Gasteiger partial charge is 0.259 e. The van der Waals surface area contributed by atoms with Crippen molar-refractivity contribution in [3.05, 3.63) is 65.5 Å². The molecule has 0 bridgehead atoms. The second-order valence-corrected chi connectivity index (χ2v) is 5.13. The van der Waals surface area contributed by atoms with Gasteiger partial charge in [-0.3, -0.25) is 9.20 Å². The highest BCUT2D eigenvalue weighted by Gasteiger charge is 2.15. The Morgan fingerprint density at radius 1 is 1.26 bits per heavy atom. The lowest BCUT2D eigenvalue weighted by Gasteiger charge is -2.02. The van der Waals surface area contributed by atoms with Crippen molar-refractivity contribution in [1.82, 2.24) is 9.38 Å². The largest absolute Gasteiger partial charge is 0.365 e. The molecule has 1 aromatic carbocycles. The quantitative estimate of drug-likeness (QED) is 0.596. The zero-order valence-electron chi connectivity index (χ0n) is 12.5. The Morgan fingerprint density at radius 3 is 2.65 bits per heavy atom. The van der Waals surface area contributed by atoms with Gasteiger partial charge >= 0.3 is 0 Å². The average Bonchev–Trinajstić information content (AvgIpc) is 2.93. The molecular weight excluding hydrogens is 288 g/mol. The molecule has 0 saturated heterocycles. The number of carbonyl (C=O) groups excluding carboxylic acids is 1. The Bertz CT molecular complexity index is 962. The van der Waals surface area contributed by atoms with Gasteiger partial charge in [-0.2, -0.15) is 5.26 Å². The monoisotopic (exact) mass is 302 g/mol. The fourth-order valence-electron chi connectivity index (χ4n) is 2.46. The average molecular weight is 302 g/mol. The van der Waals surface area contributed by atoms with Crippen molar-refractivity contribution in [3.63, 3.8) is 0 Å². The zero-order chi connectivity index (χ0) is 16.4. The summed E-state index contributed by atoms with van der Waals surface area (Å²) >= 11 is 0. The van der Waals surface area contributed by atoms with Crippen molar-refractivity contribution in [1.29, 1.82) is 5.26 Å². The number of rotatable bonds is 3. The second-order valence-electron chi connectivity index (χ2n) is 5.13. The molecule has 0 aliphatic heterocycles. The molecule has 0 fully saturated rings. The summed E-state index contributed by atoms with van der Waals surface area (Å²) < 4.78 is 1.86. The number of benzene rings is 1. The highest BCUT2D eigenvalue weighted by Crippen LogP contribution is 2.27. The van der Waals surface area contributed by atoms with Crippen molar-refractivity contribution in [3.8, 4) is 17.3 Å². The molecule has 0 spiro atoms. The predicted molar refractivity (Wildman–Crippen MR) is 88.1 cm³/mol. The van der Waals surface area contributed by atoms with Crippen LogP contribution >= 0.6 is 0 Å². The lowest BCUT2D eigenvalue weighted by atomic mass is 10.1. The van der Waals surface area contributed by atoms with E-state index in [0.717, 1.165) is 16.8 Å². The fraction of sp³-hybridized carbons (Fsp3) is 0.0556. The first-order valence-corrected chi connectivity index (χ1v) is 7.06. The number of nitrogens with two attached hydrogens (primary N) is 1. The predicted octanol–water partition coefficient (Wildman–Crippen LogP) is 2.70. The number of nitrogens with zero attached hydrogens (tertiary/aromatic N) is 3. The number of aromatic nitrogens is 2. The molecule has 5 nitrogen and oxygen atoms in total. The first-order chi connectivity index (χ1) is 11.1. The van der Waals surface area contributed by atoms with E-state index < -0.39 is 5.91 Å². The molecule has 0 radical (unpaired) electrons. The molecule has 0 atom stereocenters. The van der Waals surface area contributed by atoms with E-state index in [2.05, 4.69) is 4.98 Å². The lowest BCUT2D eigenvalue weighted by molar-refractivity contribution is -0.114. The van der Waals surface area contributed by atoms with E-state index in [4.69, 9.17) is 11.0 Å². The van der Waals surface area contributed by atoms with E-state index in [1.165, 1.54) is 6.08 Å². The summed E-state index contributed by atoms with van der Waals surface area (Å²) in [6, 6.07) is 15.3. The fourth-order valence-corrected chi connectivity index (χ4v) is 2.46. The van der Waals surface area contributed by atoms with Crippen molar-refractivity contribution in [2.75, 3.05) is 0 Å². The Hall–Kier alpha value is -3.39. The first kappa shape index (κ1) is 14.5. The molecule has 23 heavy (non-hydrogen) atoms. The third kappa shape index (κ3) is 2.58. The molecule has 2 N–H and O–H groups in total. The van der Waals surface area contributed by atoms with Gasteiger partial charge in [0.15, 0.2) is 0 Å². The maximum atomic E-state index is 11.4. The minimum atomic E-state index is -0.755. The topological polar surface area (TPSA) is 84.2 Å². The first-order valence-electron chi connectivity index (χ1n) is 7.06. The minimum Gasteiger partial charge on any atom is -0.365 e. The van der Waals surface area contributed by atoms with Gasteiger partial charge in [0.25, 0.3) is 5.91 Å². The van der Waals surface area contributed by atoms with Gasteiger partial charge in [-0.1, -0.05) is 36.4 Å². The summed E-state index contributed by atoms with van der Waals surface area (Å²) in [5.41, 5.74) is 9.21. The third-order valence-corrected chi connectivity index (χ3v) is 3.60. The van der Waals surface area contributed by atoms with Gasteiger partial charge in [-0.25, -0.2) is 4.98 Å². The van der Waals surface area contributed by atoms with Gasteiger partial charge in [0.1, 0.15) is 17.3 Å². The van der Waals surface area contributed by atoms with Crippen LogP contribution in [-0.2, 0) is 4.79 Å². The van der Waals surface area contributed by atoms with Crippen molar-refractivity contribution < 1.29 is 4.79 Å². The molecule has 0 aliphatic carbocycles. The molecule has 3 rings (SSSR count). The van der Waals surface area contributed by atoms with E-state index in [-0.39, 0.29) is 5.57 Å². The highest BCUT2D eigenvalue weighted by molar-refractivity contribution is 6.01. The highest BCUT2D eigenvalue weighted by atomic mass is 16.1. The Kier molecular flexibility index (Phi) is 3.65. The molecule has 1 amide bonds. The van der Waals surface area contributed by atoms with E-state index in [1.54, 1.807) is 0 Å². The van der Waals surface area contributed by atoms with E-state index >= 15 is 0 Å². The van der Waals surface area contributed by atoms with Gasteiger partial charge in [0.2, 0.25) is 0 Å². The number of amides is 1. The van der Waals surface area contributed by atoms with E-state index in [9.17, 15) is 4.79 Å². The van der Waals surface area contributed by atoms with Gasteiger partial charge in [-0.05, 0) is 24.6 Å². The van der Waals surface area contributed by atoms with Gasteiger partial charge in [0.05, 0.1) is 11.4 Å². The van der Waals surface area contributed by atoms with Gasteiger partial charge in [0, 0.05) is 11.8 Å². The maximum absolute atomic E-state index is 11.4. The number of hydrogen-bond donors (Lipinski definition) is 1. The van der Waals surface area contributed by atoms with E-state index in [0.29, 0.717) is 11.4 Å². The Balaban J connectivity index is 2.36. The lowest BCUT2D eigenvalue weighted by Crippen LogP contribution is -2.12. The van der Waals surface area contributed by atoms with E-state index in [1.807, 2.05) is 66.1 Å². The minimum absolute atomic E-state index is 0.106. The molecule has 2 heterocycles. The standard InChI is InChI=1S/C18H14N4O/c1-12-6-5-9-22-15(10-14(11-19)17(20)23)16(21-18(12)22)13-7-3-2-4-8-13/h2-10H,1H3,(H2,20,23)/b14-10+. The van der Waals surface area contributed by atoms with Crippen molar-refractivity contribution >= 4 is 17.6 Å². The van der Waals surface area contributed by atoms with Crippen LogP contribution in [0.1, 0.15) is 11.3 Å². The molecule has 0 unspecified atom stereocenters. The molecule has 0 aliphatic rings. The zero-order valence-corrected chi connectivity index (χ0v) is 12.5. The van der Waals surface area contributed by atoms with Crippen molar-refractivity contribution in [2.45, 2.75) is 6.92 Å². The summed E-state index contributed by atoms with van der Waals surface area (Å²) in [5, 5.41) is 9.13. The van der Waals surface area contributed by atoms with Crippen molar-refractivity contribution in [2.24, 2.45) is 5.73 Å². The number of imidazole rings is 1. The summed E-state index contributed by atoms with van der Waals surface area (Å²) in [6.45, 7) is 1.96. The third-order valence-electron chi connectivity index (χ3n) is 3.60. The van der Waals surface area contributed by atoms with Crippen LogP contribution < -0.4 is 5.73 Å². The van der Waals surface area contributed by atoms with Crippen LogP contribution in [0.15, 0.2) is 54.2 Å². The van der Waals surface area contributed by atoms with Crippen LogP contribution in [0.5, 0.6) is 0 Å². The number of hydrogen-bond acceptors (Lipinski definition) is 3. The van der Waals surface area contributed by atoms with Crippen LogP contribution in [0.25, 0.3) is 23.0 Å². The SMILES string of the molecule is Cc1cccn2c(/C=C(\C#N)C(N)=O)c(-c3ccccc3)nc12. The molecule has 112 valence electrons. The van der Waals surface area contributed by atoms with Crippen LogP contribution in [0.4, 0.5) is 0 Å². The summed E-state index contributed by atoms with van der Waals surface area (Å²) in [7, 11) is 0. The number of carbonyl (C=O) groups is 1. The van der Waals surface area contributed by atoms with Crippen LogP contribution in [-0.4, -0.2) is 15.3 Å². The van der Waals surface area contributed by atoms with Crippen LogP contribution in [0, 0.1) is 18.3 Å². The summed E-state index contributed by atoms with van der Waals surface area (Å²) in [5.74, 6) is -0.755. The molecule has 0 saturated carbocycles. The molecule has 2 aromatic heterocycles. The van der Waals surface area contributed by atoms with Gasteiger partial charge < -0.3 is 5.73 Å². The van der Waals surface area contributed by atoms with Crippen LogP contribution in [0.2, 0.25) is 0 Å². The normalized spacial score (nSPS) is 11.4. The molecule has 5 heteroatoms. The summed E-state index contributed by atoms with van der Waals surface area (Å²) in [6.07, 6.45) is 3.34. The number of fused-ring (bicyclic) bond motifs is 1. The second kappa shape index (κ2) is 5.78. The Morgan fingerprint density at radius 2 is 2.00 bits per heavy atom. The number of aryl methyl sites for hydroxylation is 1. The maximum Gasteiger partial charge on any atom is 0.259 e. The Labute approximate surface area is 133 Å². The van der Waals surface area contributed by atoms with Crippen LogP contribution in [0.3, 0.4) is 0 Å². The number of pyridine rings is 1. The molecular formula is C18H14N4O. The number of primary amides is 1. The van der Waals surface area contributed by atoms with Gasteiger partial charge in [-0.15, -0.1) is 0 Å². The summed E-state index contributed by atoms with van der Waals surface area (Å²) in [4.78, 5) is 16.1. The number of nitriles is 1. The molecule has 3 aromatic rings.